The van der Waals surface area contributed by atoms with Gasteiger partial charge in [-0.05, 0) is 25.7 Å². The van der Waals surface area contributed by atoms with Crippen LogP contribution in [0.3, 0.4) is 0 Å². The van der Waals surface area contributed by atoms with Crippen LogP contribution in [0.1, 0.15) is 43.1 Å². The first-order valence-corrected chi connectivity index (χ1v) is 5.68. The number of nitrogens with one attached hydrogen (secondary N) is 1. The monoisotopic (exact) mass is 222 g/mol. The summed E-state index contributed by atoms with van der Waals surface area (Å²) in [6.45, 7) is 2.10. The normalized spacial score (nSPS) is 17.9. The molecule has 2 rings (SSSR count). The van der Waals surface area contributed by atoms with Crippen molar-refractivity contribution >= 4 is 11.6 Å². The topological polar surface area (TPSA) is 72.9 Å². The van der Waals surface area contributed by atoms with E-state index in [1.807, 2.05) is 0 Å². The van der Waals surface area contributed by atoms with Crippen molar-refractivity contribution in [3.05, 3.63) is 11.9 Å². The molecule has 1 aliphatic rings. The number of aromatic nitrogens is 2. The Labute approximate surface area is 95.0 Å². The molecule has 1 aromatic heterocycles. The average Bonchev–Trinajstić information content (AvgIpc) is 2.51. The van der Waals surface area contributed by atoms with Crippen LogP contribution in [0.4, 0.5) is 5.69 Å². The predicted octanol–water partition coefficient (Wildman–Crippen LogP) is 1.06. The fourth-order valence-corrected chi connectivity index (χ4v) is 2.15. The maximum Gasteiger partial charge on any atom is 0.274 e. The molecular formula is C11H18N4O. The van der Waals surface area contributed by atoms with Crippen molar-refractivity contribution in [2.75, 3.05) is 5.73 Å². The van der Waals surface area contributed by atoms with Gasteiger partial charge in [-0.3, -0.25) is 9.48 Å². The van der Waals surface area contributed by atoms with Gasteiger partial charge in [-0.2, -0.15) is 5.10 Å². The molecule has 3 N–H and O–H groups in total. The van der Waals surface area contributed by atoms with E-state index in [1.165, 1.54) is 6.42 Å². The summed E-state index contributed by atoms with van der Waals surface area (Å²) in [4.78, 5) is 12.0. The van der Waals surface area contributed by atoms with E-state index < -0.39 is 0 Å². The summed E-state index contributed by atoms with van der Waals surface area (Å²) in [5.41, 5.74) is 6.48. The number of nitrogen functional groups attached to an aromatic ring is 1. The van der Waals surface area contributed by atoms with Crippen molar-refractivity contribution in [2.45, 2.75) is 38.1 Å². The highest BCUT2D eigenvalue weighted by Crippen LogP contribution is 2.34. The van der Waals surface area contributed by atoms with Crippen molar-refractivity contribution in [3.8, 4) is 0 Å². The van der Waals surface area contributed by atoms with Gasteiger partial charge in [-0.25, -0.2) is 0 Å². The van der Waals surface area contributed by atoms with Gasteiger partial charge < -0.3 is 11.1 Å². The van der Waals surface area contributed by atoms with E-state index in [-0.39, 0.29) is 11.4 Å². The van der Waals surface area contributed by atoms with E-state index in [0.717, 1.165) is 19.3 Å². The summed E-state index contributed by atoms with van der Waals surface area (Å²) in [7, 11) is 1.76. The van der Waals surface area contributed by atoms with E-state index in [4.69, 9.17) is 5.73 Å². The number of carbonyl (C=O) groups is 1. The molecule has 0 atom stereocenters. The highest BCUT2D eigenvalue weighted by atomic mass is 16.2. The van der Waals surface area contributed by atoms with Gasteiger partial charge in [0.25, 0.3) is 5.91 Å². The van der Waals surface area contributed by atoms with Crippen molar-refractivity contribution in [1.82, 2.24) is 15.1 Å². The number of nitrogens with zero attached hydrogens (tertiary/aromatic N) is 2. The third-order valence-electron chi connectivity index (χ3n) is 3.44. The summed E-state index contributed by atoms with van der Waals surface area (Å²) < 4.78 is 1.56. The minimum atomic E-state index is -0.153. The van der Waals surface area contributed by atoms with Crippen LogP contribution in [0.2, 0.25) is 0 Å². The third-order valence-corrected chi connectivity index (χ3v) is 3.44. The lowest BCUT2D eigenvalue weighted by Gasteiger charge is -2.41. The highest BCUT2D eigenvalue weighted by Gasteiger charge is 2.37. The van der Waals surface area contributed by atoms with E-state index in [9.17, 15) is 4.79 Å². The Morgan fingerprint density at radius 1 is 1.69 bits per heavy atom. The van der Waals surface area contributed by atoms with Crippen LogP contribution in [0, 0.1) is 0 Å². The zero-order valence-electron chi connectivity index (χ0n) is 9.79. The van der Waals surface area contributed by atoms with Gasteiger partial charge in [0.05, 0.1) is 5.69 Å². The Balaban J connectivity index is 2.11. The molecule has 1 saturated carbocycles. The number of nitrogens with two attached hydrogens (primary N) is 1. The molecule has 1 aromatic rings. The van der Waals surface area contributed by atoms with E-state index in [0.29, 0.717) is 11.4 Å². The zero-order chi connectivity index (χ0) is 11.8. The molecule has 16 heavy (non-hydrogen) atoms. The molecule has 0 aromatic carbocycles. The molecule has 0 radical (unpaired) electrons. The van der Waals surface area contributed by atoms with E-state index in [2.05, 4.69) is 17.3 Å². The number of amides is 1. The Bertz CT molecular complexity index is 401. The number of aryl methyl sites for hydroxylation is 1. The summed E-state index contributed by atoms with van der Waals surface area (Å²) in [5, 5.41) is 7.12. The molecule has 1 heterocycles. The SMILES string of the molecule is CCC1(NC(=O)c2nn(C)cc2N)CCC1. The van der Waals surface area contributed by atoms with Crippen LogP contribution >= 0.6 is 0 Å². The second-order valence-electron chi connectivity index (χ2n) is 4.55. The van der Waals surface area contributed by atoms with Gasteiger partial charge in [0.1, 0.15) is 0 Å². The molecule has 0 aliphatic heterocycles. The van der Waals surface area contributed by atoms with E-state index in [1.54, 1.807) is 17.9 Å². The van der Waals surface area contributed by atoms with Crippen molar-refractivity contribution < 1.29 is 4.79 Å². The van der Waals surface area contributed by atoms with Crippen LogP contribution < -0.4 is 11.1 Å². The van der Waals surface area contributed by atoms with Gasteiger partial charge in [0.15, 0.2) is 5.69 Å². The van der Waals surface area contributed by atoms with Crippen LogP contribution in [0.25, 0.3) is 0 Å². The summed E-state index contributed by atoms with van der Waals surface area (Å²) in [6.07, 6.45) is 5.91. The number of hydrogen-bond donors (Lipinski definition) is 2. The predicted molar refractivity (Wildman–Crippen MR) is 62.0 cm³/mol. The van der Waals surface area contributed by atoms with E-state index >= 15 is 0 Å². The first-order chi connectivity index (χ1) is 7.56. The molecular weight excluding hydrogens is 204 g/mol. The molecule has 1 amide bonds. The van der Waals surface area contributed by atoms with Crippen molar-refractivity contribution in [3.63, 3.8) is 0 Å². The van der Waals surface area contributed by atoms with Crippen molar-refractivity contribution in [1.29, 1.82) is 0 Å². The molecule has 88 valence electrons. The van der Waals surface area contributed by atoms with Gasteiger partial charge in [-0.1, -0.05) is 6.92 Å². The van der Waals surface area contributed by atoms with Gasteiger partial charge in [0.2, 0.25) is 0 Å². The number of carbonyl (C=O) groups excluding carboxylic acids is 1. The quantitative estimate of drug-likeness (QED) is 0.803. The second-order valence-corrected chi connectivity index (χ2v) is 4.55. The Kier molecular flexibility index (Phi) is 2.61. The molecule has 0 unspecified atom stereocenters. The van der Waals surface area contributed by atoms with Gasteiger partial charge in [-0.15, -0.1) is 0 Å². The maximum atomic E-state index is 12.0. The van der Waals surface area contributed by atoms with Crippen LogP contribution in [-0.2, 0) is 7.05 Å². The lowest BCUT2D eigenvalue weighted by molar-refractivity contribution is 0.0815. The summed E-state index contributed by atoms with van der Waals surface area (Å²) >= 11 is 0. The molecule has 5 heteroatoms. The smallest absolute Gasteiger partial charge is 0.274 e. The fourth-order valence-electron chi connectivity index (χ4n) is 2.15. The lowest BCUT2D eigenvalue weighted by atomic mass is 9.75. The number of hydrogen-bond acceptors (Lipinski definition) is 3. The standard InChI is InChI=1S/C11H18N4O/c1-3-11(5-4-6-11)13-10(16)9-8(12)7-15(2)14-9/h7H,3-6,12H2,1-2H3,(H,13,16). The zero-order valence-corrected chi connectivity index (χ0v) is 9.79. The first kappa shape index (κ1) is 11.0. The summed E-state index contributed by atoms with van der Waals surface area (Å²) in [5.74, 6) is -0.153. The molecule has 1 aliphatic carbocycles. The van der Waals surface area contributed by atoms with Crippen LogP contribution in [0.15, 0.2) is 6.20 Å². The minimum Gasteiger partial charge on any atom is -0.396 e. The average molecular weight is 222 g/mol. The largest absolute Gasteiger partial charge is 0.396 e. The number of rotatable bonds is 3. The second kappa shape index (κ2) is 3.81. The maximum absolute atomic E-state index is 12.0. The first-order valence-electron chi connectivity index (χ1n) is 5.68. The molecule has 0 spiro atoms. The van der Waals surface area contributed by atoms with Crippen LogP contribution in [-0.4, -0.2) is 21.2 Å². The molecule has 1 fully saturated rings. The molecule has 5 nitrogen and oxygen atoms in total. The Morgan fingerprint density at radius 3 is 2.75 bits per heavy atom. The highest BCUT2D eigenvalue weighted by molar-refractivity contribution is 5.97. The fraction of sp³-hybridized carbons (Fsp3) is 0.636. The van der Waals surface area contributed by atoms with Crippen LogP contribution in [0.5, 0.6) is 0 Å². The van der Waals surface area contributed by atoms with Gasteiger partial charge >= 0.3 is 0 Å². The van der Waals surface area contributed by atoms with Crippen molar-refractivity contribution in [2.24, 2.45) is 7.05 Å². The lowest BCUT2D eigenvalue weighted by Crippen LogP contribution is -2.53. The Morgan fingerprint density at radius 2 is 2.38 bits per heavy atom. The van der Waals surface area contributed by atoms with Gasteiger partial charge in [0, 0.05) is 18.8 Å². The Hall–Kier alpha value is -1.52. The third kappa shape index (κ3) is 1.77. The summed E-state index contributed by atoms with van der Waals surface area (Å²) in [6, 6.07) is 0. The number of anilines is 1. The minimum absolute atomic E-state index is 0.0129. The molecule has 0 saturated heterocycles. The molecule has 0 bridgehead atoms.